The van der Waals surface area contributed by atoms with Crippen LogP contribution in [0.3, 0.4) is 0 Å². The van der Waals surface area contributed by atoms with Gasteiger partial charge in [-0.25, -0.2) is 9.97 Å². The molecule has 0 spiro atoms. The molecule has 0 saturated heterocycles. The lowest BCUT2D eigenvalue weighted by Crippen LogP contribution is -2.00. The van der Waals surface area contributed by atoms with E-state index in [0.717, 1.165) is 34.0 Å². The molecule has 0 aliphatic rings. The van der Waals surface area contributed by atoms with Crippen molar-refractivity contribution in [2.45, 2.75) is 17.9 Å². The summed E-state index contributed by atoms with van der Waals surface area (Å²) < 4.78 is 3.83. The highest BCUT2D eigenvalue weighted by atomic mass is 32.2. The van der Waals surface area contributed by atoms with Gasteiger partial charge in [-0.3, -0.25) is 9.08 Å². The minimum Gasteiger partial charge on any atom is -0.396 e. The van der Waals surface area contributed by atoms with Crippen molar-refractivity contribution in [2.75, 3.05) is 12.9 Å². The minimum atomic E-state index is 0.174. The zero-order valence-electron chi connectivity index (χ0n) is 12.0. The molecule has 3 aromatic rings. The summed E-state index contributed by atoms with van der Waals surface area (Å²) in [6, 6.07) is 0. The van der Waals surface area contributed by atoms with E-state index in [1.807, 2.05) is 38.1 Å². The maximum atomic E-state index is 9.00. The number of hydrogen-bond acceptors (Lipinski definition) is 5. The summed E-state index contributed by atoms with van der Waals surface area (Å²) >= 11 is 1.58. The first-order valence-electron chi connectivity index (χ1n) is 6.73. The van der Waals surface area contributed by atoms with E-state index >= 15 is 0 Å². The summed E-state index contributed by atoms with van der Waals surface area (Å²) in [7, 11) is 1.90. The highest BCUT2D eigenvalue weighted by Crippen LogP contribution is 2.25. The first-order chi connectivity index (χ1) is 10.2. The monoisotopic (exact) mass is 303 g/mol. The van der Waals surface area contributed by atoms with Crippen molar-refractivity contribution in [3.8, 4) is 11.3 Å². The molecule has 0 amide bonds. The van der Waals surface area contributed by atoms with Gasteiger partial charge in [-0.05, 0) is 19.1 Å². The van der Waals surface area contributed by atoms with E-state index in [1.54, 1.807) is 16.4 Å². The smallest absolute Gasteiger partial charge is 0.170 e. The van der Waals surface area contributed by atoms with Gasteiger partial charge in [-0.1, -0.05) is 0 Å². The van der Waals surface area contributed by atoms with Crippen LogP contribution in [-0.2, 0) is 13.5 Å². The first-order valence-corrected chi connectivity index (χ1v) is 7.96. The Balaban J connectivity index is 2.14. The summed E-state index contributed by atoms with van der Waals surface area (Å²) in [6.07, 6.45) is 11.1. The van der Waals surface area contributed by atoms with Crippen molar-refractivity contribution in [2.24, 2.45) is 7.05 Å². The second-order valence-electron chi connectivity index (χ2n) is 4.81. The van der Waals surface area contributed by atoms with Gasteiger partial charge in [0.05, 0.1) is 23.8 Å². The van der Waals surface area contributed by atoms with E-state index in [1.165, 1.54) is 0 Å². The third kappa shape index (κ3) is 2.66. The predicted molar refractivity (Wildman–Crippen MR) is 82.4 cm³/mol. The van der Waals surface area contributed by atoms with E-state index in [0.29, 0.717) is 6.42 Å². The maximum absolute atomic E-state index is 9.00. The maximum Gasteiger partial charge on any atom is 0.170 e. The summed E-state index contributed by atoms with van der Waals surface area (Å²) in [6.45, 7) is 0.174. The van der Waals surface area contributed by atoms with Crippen molar-refractivity contribution < 1.29 is 5.11 Å². The lowest BCUT2D eigenvalue weighted by atomic mass is 10.2. The van der Waals surface area contributed by atoms with E-state index in [9.17, 15) is 0 Å². The molecular weight excluding hydrogens is 286 g/mol. The van der Waals surface area contributed by atoms with Gasteiger partial charge >= 0.3 is 0 Å². The summed E-state index contributed by atoms with van der Waals surface area (Å²) in [5.41, 5.74) is 3.84. The number of imidazole rings is 1. The number of nitrogens with zero attached hydrogens (tertiary/aromatic N) is 5. The Morgan fingerprint density at radius 2 is 2.14 bits per heavy atom. The number of aromatic nitrogens is 5. The molecular formula is C14H17N5OS. The fraction of sp³-hybridized carbons (Fsp3) is 0.357. The Hall–Kier alpha value is -1.86. The molecule has 0 saturated carbocycles. The zero-order chi connectivity index (χ0) is 14.8. The van der Waals surface area contributed by atoms with Crippen LogP contribution in [0.5, 0.6) is 0 Å². The normalized spacial score (nSPS) is 11.4. The van der Waals surface area contributed by atoms with Crippen molar-refractivity contribution in [3.05, 3.63) is 30.5 Å². The second-order valence-corrected chi connectivity index (χ2v) is 5.60. The number of fused-ring (bicyclic) bond motifs is 1. The molecule has 0 radical (unpaired) electrons. The molecule has 21 heavy (non-hydrogen) atoms. The molecule has 3 heterocycles. The standard InChI is InChI=1S/C14H17N5OS/c1-18-8-10(6-16-18)12-7-15-13-14(21-2)17-11(4-3-5-20)9-19(12)13/h6-9,20H,3-5H2,1-2H3. The lowest BCUT2D eigenvalue weighted by molar-refractivity contribution is 0.288. The summed E-state index contributed by atoms with van der Waals surface area (Å²) in [5.74, 6) is 0. The van der Waals surface area contributed by atoms with Gasteiger partial charge in [0.2, 0.25) is 0 Å². The van der Waals surface area contributed by atoms with E-state index in [2.05, 4.69) is 19.5 Å². The Morgan fingerprint density at radius 1 is 1.29 bits per heavy atom. The molecule has 0 aliphatic carbocycles. The van der Waals surface area contributed by atoms with Gasteiger partial charge in [0, 0.05) is 31.6 Å². The molecule has 0 bridgehead atoms. The quantitative estimate of drug-likeness (QED) is 0.728. The highest BCUT2D eigenvalue weighted by molar-refractivity contribution is 7.98. The largest absolute Gasteiger partial charge is 0.396 e. The van der Waals surface area contributed by atoms with Gasteiger partial charge in [0.25, 0.3) is 0 Å². The molecule has 0 atom stereocenters. The third-order valence-electron chi connectivity index (χ3n) is 3.30. The van der Waals surface area contributed by atoms with Crippen LogP contribution in [0.15, 0.2) is 29.8 Å². The summed E-state index contributed by atoms with van der Waals surface area (Å²) in [5, 5.41) is 14.1. The SMILES string of the molecule is CSc1nc(CCCO)cn2c(-c3cnn(C)c3)cnc12. The van der Waals surface area contributed by atoms with Crippen LogP contribution in [-0.4, -0.2) is 42.1 Å². The Bertz CT molecular complexity index is 764. The molecule has 0 aliphatic heterocycles. The molecule has 6 nitrogen and oxygen atoms in total. The molecule has 110 valence electrons. The van der Waals surface area contributed by atoms with Gasteiger partial charge in [0.1, 0.15) is 5.03 Å². The molecule has 3 rings (SSSR count). The van der Waals surface area contributed by atoms with Crippen molar-refractivity contribution in [1.82, 2.24) is 24.1 Å². The lowest BCUT2D eigenvalue weighted by Gasteiger charge is -2.06. The number of aliphatic hydroxyl groups excluding tert-OH is 1. The van der Waals surface area contributed by atoms with Gasteiger partial charge in [0.15, 0.2) is 5.65 Å². The first kappa shape index (κ1) is 14.1. The zero-order valence-corrected chi connectivity index (χ0v) is 12.8. The van der Waals surface area contributed by atoms with Gasteiger partial charge in [-0.2, -0.15) is 5.10 Å². The molecule has 7 heteroatoms. The number of thioether (sulfide) groups is 1. The van der Waals surface area contributed by atoms with Crippen LogP contribution in [0, 0.1) is 0 Å². The number of aryl methyl sites for hydroxylation is 2. The predicted octanol–water partition coefficient (Wildman–Crippen LogP) is 1.78. The Kier molecular flexibility index (Phi) is 3.94. The van der Waals surface area contributed by atoms with Crippen LogP contribution in [0.4, 0.5) is 0 Å². The van der Waals surface area contributed by atoms with Crippen LogP contribution in [0.2, 0.25) is 0 Å². The number of hydrogen-bond donors (Lipinski definition) is 1. The van der Waals surface area contributed by atoms with E-state index < -0.39 is 0 Å². The van der Waals surface area contributed by atoms with Crippen LogP contribution in [0.1, 0.15) is 12.1 Å². The molecule has 1 N–H and O–H groups in total. The Labute approximate surface area is 126 Å². The number of rotatable bonds is 5. The summed E-state index contributed by atoms with van der Waals surface area (Å²) in [4.78, 5) is 9.11. The molecule has 3 aromatic heterocycles. The van der Waals surface area contributed by atoms with Crippen LogP contribution >= 0.6 is 11.8 Å². The van der Waals surface area contributed by atoms with E-state index in [-0.39, 0.29) is 6.61 Å². The topological polar surface area (TPSA) is 68.2 Å². The average molecular weight is 303 g/mol. The molecule has 0 aromatic carbocycles. The van der Waals surface area contributed by atoms with Crippen molar-refractivity contribution >= 4 is 17.4 Å². The number of aliphatic hydroxyl groups is 1. The fourth-order valence-corrected chi connectivity index (χ4v) is 2.83. The van der Waals surface area contributed by atoms with Crippen molar-refractivity contribution in [3.63, 3.8) is 0 Å². The third-order valence-corrected chi connectivity index (χ3v) is 3.96. The second kappa shape index (κ2) is 5.87. The van der Waals surface area contributed by atoms with E-state index in [4.69, 9.17) is 5.11 Å². The highest BCUT2D eigenvalue weighted by Gasteiger charge is 2.13. The average Bonchev–Trinajstić information content (AvgIpc) is 3.10. The Morgan fingerprint density at radius 3 is 2.81 bits per heavy atom. The minimum absolute atomic E-state index is 0.174. The molecule has 0 unspecified atom stereocenters. The van der Waals surface area contributed by atoms with Gasteiger partial charge in [-0.15, -0.1) is 11.8 Å². The fourth-order valence-electron chi connectivity index (χ4n) is 2.29. The van der Waals surface area contributed by atoms with Crippen LogP contribution in [0.25, 0.3) is 16.9 Å². The van der Waals surface area contributed by atoms with Crippen molar-refractivity contribution in [1.29, 1.82) is 0 Å². The van der Waals surface area contributed by atoms with Crippen LogP contribution < -0.4 is 0 Å². The molecule has 0 fully saturated rings. The van der Waals surface area contributed by atoms with Gasteiger partial charge < -0.3 is 5.11 Å².